The van der Waals surface area contributed by atoms with Gasteiger partial charge < -0.3 is 24.1 Å². The summed E-state index contributed by atoms with van der Waals surface area (Å²) in [4.78, 5) is 9.82. The fourth-order valence-corrected chi connectivity index (χ4v) is 0.852. The van der Waals surface area contributed by atoms with Gasteiger partial charge >= 0.3 is 5.97 Å². The number of carbonyl (C=O) groups excluding carboxylic acids is 1. The molecule has 0 aromatic heterocycles. The lowest BCUT2D eigenvalue weighted by atomic mass is 10.7. The van der Waals surface area contributed by atoms with Gasteiger partial charge in [0.05, 0.1) is 46.2 Å². The summed E-state index contributed by atoms with van der Waals surface area (Å²) in [6.07, 6.45) is 0. The van der Waals surface area contributed by atoms with Crippen LogP contribution in [0.2, 0.25) is 0 Å². The van der Waals surface area contributed by atoms with Gasteiger partial charge in [-0.15, -0.1) is 0 Å². The van der Waals surface area contributed by atoms with Crippen LogP contribution in [-0.4, -0.2) is 63.9 Å². The van der Waals surface area contributed by atoms with Crippen molar-refractivity contribution in [1.82, 2.24) is 0 Å². The number of aliphatic hydroxyl groups excluding tert-OH is 1. The third kappa shape index (κ3) is 24.5. The molecule has 6 heteroatoms. The Labute approximate surface area is 109 Å². The Balaban J connectivity index is 0. The molecule has 0 aromatic rings. The second kappa shape index (κ2) is 18.7. The molecule has 0 fully saturated rings. The fourth-order valence-electron chi connectivity index (χ4n) is 0.852. The van der Waals surface area contributed by atoms with Gasteiger partial charge in [-0.3, -0.25) is 4.79 Å². The van der Waals surface area contributed by atoms with Gasteiger partial charge in [-0.1, -0.05) is 0 Å². The molecule has 0 aromatic carbocycles. The summed E-state index contributed by atoms with van der Waals surface area (Å²) >= 11 is 0. The van der Waals surface area contributed by atoms with Gasteiger partial charge in [-0.25, -0.2) is 0 Å². The van der Waals surface area contributed by atoms with Gasteiger partial charge in [0.25, 0.3) is 0 Å². The molecular weight excluding hydrogens is 240 g/mol. The van der Waals surface area contributed by atoms with Crippen molar-refractivity contribution in [3.05, 3.63) is 0 Å². The van der Waals surface area contributed by atoms with E-state index in [1.165, 1.54) is 6.92 Å². The second-order valence-corrected chi connectivity index (χ2v) is 3.07. The van der Waals surface area contributed by atoms with Gasteiger partial charge in [0, 0.05) is 13.5 Å². The Morgan fingerprint density at radius 1 is 0.889 bits per heavy atom. The van der Waals surface area contributed by atoms with Gasteiger partial charge in [0.2, 0.25) is 0 Å². The van der Waals surface area contributed by atoms with Crippen LogP contribution >= 0.6 is 0 Å². The van der Waals surface area contributed by atoms with Crippen molar-refractivity contribution in [2.45, 2.75) is 20.8 Å². The molecule has 0 heterocycles. The molecule has 0 spiro atoms. The first kappa shape index (κ1) is 19.6. The maximum absolute atomic E-state index is 9.82. The molecule has 110 valence electrons. The maximum atomic E-state index is 9.82. The van der Waals surface area contributed by atoms with E-state index in [2.05, 4.69) is 4.74 Å². The van der Waals surface area contributed by atoms with Crippen LogP contribution in [0.25, 0.3) is 0 Å². The van der Waals surface area contributed by atoms with E-state index in [1.807, 2.05) is 6.92 Å². The Hall–Kier alpha value is -0.690. The molecule has 0 aliphatic carbocycles. The minimum absolute atomic E-state index is 0.0684. The van der Waals surface area contributed by atoms with E-state index in [4.69, 9.17) is 19.3 Å². The zero-order chi connectivity index (χ0) is 14.1. The smallest absolute Gasteiger partial charge is 0.302 e. The average Bonchev–Trinajstić information content (AvgIpc) is 2.33. The predicted octanol–water partition coefficient (Wildman–Crippen LogP) is 0.618. The topological polar surface area (TPSA) is 74.2 Å². The monoisotopic (exact) mass is 266 g/mol. The van der Waals surface area contributed by atoms with Gasteiger partial charge in [-0.2, -0.15) is 0 Å². The van der Waals surface area contributed by atoms with Crippen molar-refractivity contribution < 1.29 is 28.8 Å². The van der Waals surface area contributed by atoms with E-state index in [1.54, 1.807) is 6.92 Å². The van der Waals surface area contributed by atoms with Crippen LogP contribution in [0.15, 0.2) is 0 Å². The zero-order valence-electron chi connectivity index (χ0n) is 11.6. The highest BCUT2D eigenvalue weighted by atomic mass is 16.5. The average molecular weight is 266 g/mol. The standard InChI is InChI=1S/C8H18O4.C4H8O2/c1-2-10-5-6-12-8-7-11-4-3-9;1-3-6-4(2)5/h9H,2-8H2,1H3;3H2,1-2H3. The van der Waals surface area contributed by atoms with Crippen molar-refractivity contribution in [3.8, 4) is 0 Å². The largest absolute Gasteiger partial charge is 0.466 e. The summed E-state index contributed by atoms with van der Waals surface area (Å²) in [5.41, 5.74) is 0. The van der Waals surface area contributed by atoms with Crippen LogP contribution in [0.1, 0.15) is 20.8 Å². The number of esters is 1. The predicted molar refractivity (Wildman–Crippen MR) is 67.5 cm³/mol. The summed E-state index contributed by atoms with van der Waals surface area (Å²) < 4.78 is 19.6. The molecule has 1 N–H and O–H groups in total. The van der Waals surface area contributed by atoms with Crippen LogP contribution in [0.3, 0.4) is 0 Å². The summed E-state index contributed by atoms with van der Waals surface area (Å²) in [5.74, 6) is -0.211. The lowest BCUT2D eigenvalue weighted by Gasteiger charge is -2.04. The number of ether oxygens (including phenoxy) is 4. The van der Waals surface area contributed by atoms with Crippen LogP contribution in [0.5, 0.6) is 0 Å². The van der Waals surface area contributed by atoms with Crippen molar-refractivity contribution in [3.63, 3.8) is 0 Å². The number of hydrogen-bond donors (Lipinski definition) is 1. The Kier molecular flexibility index (Phi) is 20.4. The third-order valence-corrected chi connectivity index (χ3v) is 1.53. The number of rotatable bonds is 10. The number of carbonyl (C=O) groups is 1. The fraction of sp³-hybridized carbons (Fsp3) is 0.917. The second-order valence-electron chi connectivity index (χ2n) is 3.07. The highest BCUT2D eigenvalue weighted by Gasteiger charge is 1.88. The van der Waals surface area contributed by atoms with Crippen LogP contribution in [0.4, 0.5) is 0 Å². The quantitative estimate of drug-likeness (QED) is 0.461. The Bertz CT molecular complexity index is 153. The van der Waals surface area contributed by atoms with Crippen LogP contribution in [-0.2, 0) is 23.7 Å². The van der Waals surface area contributed by atoms with Crippen molar-refractivity contribution in [2.75, 3.05) is 52.9 Å². The highest BCUT2D eigenvalue weighted by molar-refractivity contribution is 5.65. The first-order valence-electron chi connectivity index (χ1n) is 6.16. The Morgan fingerprint density at radius 3 is 1.72 bits per heavy atom. The number of hydrogen-bond acceptors (Lipinski definition) is 6. The summed E-state index contributed by atoms with van der Waals surface area (Å²) in [7, 11) is 0. The third-order valence-electron chi connectivity index (χ3n) is 1.53. The van der Waals surface area contributed by atoms with Gasteiger partial charge in [0.1, 0.15) is 0 Å². The highest BCUT2D eigenvalue weighted by Crippen LogP contribution is 1.80. The molecule has 18 heavy (non-hydrogen) atoms. The molecule has 0 amide bonds. The van der Waals surface area contributed by atoms with E-state index < -0.39 is 0 Å². The van der Waals surface area contributed by atoms with E-state index in [-0.39, 0.29) is 12.6 Å². The van der Waals surface area contributed by atoms with Gasteiger partial charge in [0.15, 0.2) is 0 Å². The van der Waals surface area contributed by atoms with E-state index in [9.17, 15) is 4.79 Å². The van der Waals surface area contributed by atoms with Crippen molar-refractivity contribution in [2.24, 2.45) is 0 Å². The summed E-state index contributed by atoms with van der Waals surface area (Å²) in [6.45, 7) is 9.12. The molecule has 0 rings (SSSR count). The minimum Gasteiger partial charge on any atom is -0.466 e. The summed E-state index contributed by atoms with van der Waals surface area (Å²) in [6, 6.07) is 0. The van der Waals surface area contributed by atoms with E-state index >= 15 is 0 Å². The lowest BCUT2D eigenvalue weighted by molar-refractivity contribution is -0.140. The molecule has 0 radical (unpaired) electrons. The van der Waals surface area contributed by atoms with E-state index in [0.29, 0.717) is 39.6 Å². The first-order valence-corrected chi connectivity index (χ1v) is 6.16. The van der Waals surface area contributed by atoms with Crippen LogP contribution < -0.4 is 0 Å². The minimum atomic E-state index is -0.211. The molecule has 0 bridgehead atoms. The van der Waals surface area contributed by atoms with Gasteiger partial charge in [-0.05, 0) is 13.8 Å². The maximum Gasteiger partial charge on any atom is 0.302 e. The molecule has 0 aliphatic rings. The van der Waals surface area contributed by atoms with Crippen molar-refractivity contribution >= 4 is 5.97 Å². The molecule has 0 unspecified atom stereocenters. The normalized spacial score (nSPS) is 9.56. The SMILES string of the molecule is CCOC(C)=O.CCOCCOCCOCCO. The molecule has 0 atom stereocenters. The molecule has 6 nitrogen and oxygen atoms in total. The van der Waals surface area contributed by atoms with Crippen molar-refractivity contribution in [1.29, 1.82) is 0 Å². The summed E-state index contributed by atoms with van der Waals surface area (Å²) in [5, 5.41) is 8.35. The molecule has 0 aliphatic heterocycles. The zero-order valence-corrected chi connectivity index (χ0v) is 11.6. The molecule has 0 saturated heterocycles. The molecule has 0 saturated carbocycles. The molecular formula is C12H26O6. The first-order chi connectivity index (χ1) is 8.68. The lowest BCUT2D eigenvalue weighted by Crippen LogP contribution is -2.10. The number of aliphatic hydroxyl groups is 1. The van der Waals surface area contributed by atoms with E-state index in [0.717, 1.165) is 6.61 Å². The van der Waals surface area contributed by atoms with Crippen LogP contribution in [0, 0.1) is 0 Å². The Morgan fingerprint density at radius 2 is 1.39 bits per heavy atom.